The molecular formula is C34H31N3O. The standard InChI is InChI=1S/C34H31N3O/c1-3-4-22-38-32-21-20-27(23-35)26(2)33(32)31-24-37(25-36-31)34(28-14-8-5-9-15-28,29-16-10-6-11-17-29)30-18-12-7-13-19-30/h5-21,24-25H,3-4,22H2,1-2H3. The Balaban J connectivity index is 1.76. The number of benzene rings is 4. The Labute approximate surface area is 224 Å². The lowest BCUT2D eigenvalue weighted by Crippen LogP contribution is -2.36. The van der Waals surface area contributed by atoms with Crippen LogP contribution in [0.5, 0.6) is 5.75 Å². The van der Waals surface area contributed by atoms with Gasteiger partial charge in [-0.2, -0.15) is 5.26 Å². The summed E-state index contributed by atoms with van der Waals surface area (Å²) in [4.78, 5) is 4.93. The number of rotatable bonds is 9. The molecule has 4 aromatic carbocycles. The Bertz CT molecular complexity index is 1440. The van der Waals surface area contributed by atoms with Gasteiger partial charge in [0.2, 0.25) is 0 Å². The summed E-state index contributed by atoms with van der Waals surface area (Å²) >= 11 is 0. The normalized spacial score (nSPS) is 11.2. The molecule has 0 atom stereocenters. The highest BCUT2D eigenvalue weighted by Gasteiger charge is 2.38. The van der Waals surface area contributed by atoms with Crippen LogP contribution in [0.3, 0.4) is 0 Å². The molecule has 5 rings (SSSR count). The fraction of sp³-hybridized carbons (Fsp3) is 0.176. The predicted molar refractivity (Wildman–Crippen MR) is 152 cm³/mol. The molecule has 0 unspecified atom stereocenters. The first-order chi connectivity index (χ1) is 18.7. The predicted octanol–water partition coefficient (Wildman–Crippen LogP) is 7.75. The van der Waals surface area contributed by atoms with Crippen molar-refractivity contribution in [3.63, 3.8) is 0 Å². The van der Waals surface area contributed by atoms with E-state index in [1.165, 1.54) is 0 Å². The third-order valence-corrected chi connectivity index (χ3v) is 7.10. The molecule has 38 heavy (non-hydrogen) atoms. The fourth-order valence-corrected chi connectivity index (χ4v) is 5.19. The molecule has 0 N–H and O–H groups in total. The summed E-state index contributed by atoms with van der Waals surface area (Å²) in [7, 11) is 0. The van der Waals surface area contributed by atoms with Crippen LogP contribution in [0.2, 0.25) is 0 Å². The van der Waals surface area contributed by atoms with Crippen molar-refractivity contribution in [3.05, 3.63) is 143 Å². The van der Waals surface area contributed by atoms with Gasteiger partial charge in [0, 0.05) is 11.8 Å². The zero-order chi connectivity index (χ0) is 26.4. The molecule has 0 aliphatic rings. The van der Waals surface area contributed by atoms with Crippen molar-refractivity contribution in [2.75, 3.05) is 6.61 Å². The van der Waals surface area contributed by atoms with E-state index in [0.717, 1.165) is 52.1 Å². The van der Waals surface area contributed by atoms with Gasteiger partial charge in [-0.1, -0.05) is 104 Å². The van der Waals surface area contributed by atoms with E-state index in [-0.39, 0.29) is 0 Å². The third kappa shape index (κ3) is 4.48. The molecule has 4 heteroatoms. The number of aromatic nitrogens is 2. The van der Waals surface area contributed by atoms with Crippen LogP contribution in [0.4, 0.5) is 0 Å². The van der Waals surface area contributed by atoms with Gasteiger partial charge in [-0.05, 0) is 47.7 Å². The van der Waals surface area contributed by atoms with Crippen LogP contribution < -0.4 is 4.74 Å². The Morgan fingerprint density at radius 3 is 1.87 bits per heavy atom. The van der Waals surface area contributed by atoms with E-state index in [9.17, 15) is 5.26 Å². The van der Waals surface area contributed by atoms with Gasteiger partial charge >= 0.3 is 0 Å². The molecule has 0 fully saturated rings. The van der Waals surface area contributed by atoms with Crippen LogP contribution in [0.25, 0.3) is 11.3 Å². The lowest BCUT2D eigenvalue weighted by Gasteiger charge is -2.37. The Morgan fingerprint density at radius 1 is 0.816 bits per heavy atom. The van der Waals surface area contributed by atoms with E-state index in [2.05, 4.69) is 96.6 Å². The Kier molecular flexibility index (Phi) is 7.38. The van der Waals surface area contributed by atoms with E-state index in [4.69, 9.17) is 9.72 Å². The molecule has 0 saturated heterocycles. The van der Waals surface area contributed by atoms with Gasteiger partial charge in [0.05, 0.1) is 30.3 Å². The minimum atomic E-state index is -0.654. The van der Waals surface area contributed by atoms with Gasteiger partial charge in [0.1, 0.15) is 11.3 Å². The first-order valence-corrected chi connectivity index (χ1v) is 13.1. The molecule has 0 bridgehead atoms. The lowest BCUT2D eigenvalue weighted by molar-refractivity contribution is 0.310. The van der Waals surface area contributed by atoms with Crippen LogP contribution in [0, 0.1) is 18.3 Å². The molecule has 0 radical (unpaired) electrons. The Morgan fingerprint density at radius 2 is 1.37 bits per heavy atom. The molecule has 0 amide bonds. The van der Waals surface area contributed by atoms with Crippen LogP contribution in [0.15, 0.2) is 116 Å². The highest BCUT2D eigenvalue weighted by molar-refractivity contribution is 5.73. The summed E-state index contributed by atoms with van der Waals surface area (Å²) < 4.78 is 8.39. The van der Waals surface area contributed by atoms with Crippen LogP contribution in [0.1, 0.15) is 47.6 Å². The van der Waals surface area contributed by atoms with Crippen molar-refractivity contribution in [1.29, 1.82) is 5.26 Å². The summed E-state index contributed by atoms with van der Waals surface area (Å²) in [5.74, 6) is 0.755. The van der Waals surface area contributed by atoms with Gasteiger partial charge in [0.15, 0.2) is 0 Å². The second-order valence-electron chi connectivity index (χ2n) is 9.40. The van der Waals surface area contributed by atoms with E-state index in [0.29, 0.717) is 12.2 Å². The molecule has 4 nitrogen and oxygen atoms in total. The van der Waals surface area contributed by atoms with Crippen molar-refractivity contribution < 1.29 is 4.74 Å². The average molecular weight is 498 g/mol. The molecule has 0 aliphatic carbocycles. The number of ether oxygens (including phenoxy) is 1. The summed E-state index contributed by atoms with van der Waals surface area (Å²) in [6.07, 6.45) is 6.00. The van der Waals surface area contributed by atoms with Crippen molar-refractivity contribution in [2.45, 2.75) is 32.2 Å². The molecule has 1 aromatic heterocycles. The molecule has 1 heterocycles. The molecule has 0 aliphatic heterocycles. The van der Waals surface area contributed by atoms with E-state index >= 15 is 0 Å². The Hall–Kier alpha value is -4.62. The van der Waals surface area contributed by atoms with Crippen molar-refractivity contribution in [3.8, 4) is 23.1 Å². The lowest BCUT2D eigenvalue weighted by atomic mass is 9.76. The third-order valence-electron chi connectivity index (χ3n) is 7.10. The van der Waals surface area contributed by atoms with Crippen LogP contribution >= 0.6 is 0 Å². The molecule has 188 valence electrons. The average Bonchev–Trinajstić information content (AvgIpc) is 3.45. The SMILES string of the molecule is CCCCOc1ccc(C#N)c(C)c1-c1cn(C(c2ccccc2)(c2ccccc2)c2ccccc2)cn1. The zero-order valence-electron chi connectivity index (χ0n) is 21.8. The van der Waals surface area contributed by atoms with Gasteiger partial charge in [-0.15, -0.1) is 0 Å². The van der Waals surface area contributed by atoms with Crippen LogP contribution in [-0.4, -0.2) is 16.2 Å². The van der Waals surface area contributed by atoms with Crippen LogP contribution in [-0.2, 0) is 5.54 Å². The van der Waals surface area contributed by atoms with Crippen molar-refractivity contribution in [2.24, 2.45) is 0 Å². The maximum atomic E-state index is 9.76. The number of nitrogens with zero attached hydrogens (tertiary/aromatic N) is 3. The van der Waals surface area contributed by atoms with Gasteiger partial charge in [-0.25, -0.2) is 4.98 Å². The molecule has 0 spiro atoms. The number of unbranched alkanes of at least 4 members (excludes halogenated alkanes) is 1. The number of imidazole rings is 1. The largest absolute Gasteiger partial charge is 0.493 e. The zero-order valence-corrected chi connectivity index (χ0v) is 21.8. The summed E-state index contributed by atoms with van der Waals surface area (Å²) in [6.45, 7) is 4.74. The smallest absolute Gasteiger partial charge is 0.129 e. The minimum Gasteiger partial charge on any atom is -0.493 e. The second-order valence-corrected chi connectivity index (χ2v) is 9.40. The van der Waals surface area contributed by atoms with Crippen molar-refractivity contribution >= 4 is 0 Å². The first kappa shape index (κ1) is 25.0. The molecule has 5 aromatic rings. The summed E-state index contributed by atoms with van der Waals surface area (Å²) in [6, 6.07) is 37.6. The number of hydrogen-bond acceptors (Lipinski definition) is 3. The summed E-state index contributed by atoms with van der Waals surface area (Å²) in [5.41, 5.74) is 5.86. The number of nitriles is 1. The van der Waals surface area contributed by atoms with Gasteiger partial charge < -0.3 is 9.30 Å². The van der Waals surface area contributed by atoms with Crippen molar-refractivity contribution in [1.82, 2.24) is 9.55 Å². The maximum absolute atomic E-state index is 9.76. The number of hydrogen-bond donors (Lipinski definition) is 0. The van der Waals surface area contributed by atoms with E-state index in [1.54, 1.807) is 0 Å². The second kappa shape index (κ2) is 11.2. The van der Waals surface area contributed by atoms with Gasteiger partial charge in [0.25, 0.3) is 0 Å². The highest BCUT2D eigenvalue weighted by Crippen LogP contribution is 2.42. The topological polar surface area (TPSA) is 50.8 Å². The van der Waals surface area contributed by atoms with E-state index < -0.39 is 5.54 Å². The molecular weight excluding hydrogens is 466 g/mol. The van der Waals surface area contributed by atoms with E-state index in [1.807, 2.05) is 43.6 Å². The highest BCUT2D eigenvalue weighted by atomic mass is 16.5. The van der Waals surface area contributed by atoms with Gasteiger partial charge in [-0.3, -0.25) is 0 Å². The molecule has 0 saturated carbocycles. The first-order valence-electron chi connectivity index (χ1n) is 13.1. The maximum Gasteiger partial charge on any atom is 0.129 e. The monoisotopic (exact) mass is 497 g/mol. The minimum absolute atomic E-state index is 0.623. The quantitative estimate of drug-likeness (QED) is 0.154. The fourth-order valence-electron chi connectivity index (χ4n) is 5.19. The summed E-state index contributed by atoms with van der Waals surface area (Å²) in [5, 5.41) is 9.76.